The maximum atomic E-state index is 5.46. The Kier molecular flexibility index (Phi) is 4.28. The van der Waals surface area contributed by atoms with Crippen LogP contribution in [0.5, 0.6) is 0 Å². The number of morpholine rings is 1. The van der Waals surface area contributed by atoms with Crippen LogP contribution < -0.4 is 4.90 Å². The predicted octanol–water partition coefficient (Wildman–Crippen LogP) is 3.77. The van der Waals surface area contributed by atoms with Gasteiger partial charge in [-0.2, -0.15) is 0 Å². The van der Waals surface area contributed by atoms with Gasteiger partial charge in [-0.3, -0.25) is 0 Å². The van der Waals surface area contributed by atoms with E-state index in [1.807, 2.05) is 0 Å². The second-order valence-electron chi connectivity index (χ2n) is 5.73. The maximum Gasteiger partial charge on any atom is 0.0642 e. The summed E-state index contributed by atoms with van der Waals surface area (Å²) in [6.45, 7) is 12.8. The Morgan fingerprint density at radius 3 is 2.22 bits per heavy atom. The second-order valence-corrected chi connectivity index (χ2v) is 5.73. The zero-order valence-electron chi connectivity index (χ0n) is 12.1. The highest BCUT2D eigenvalue weighted by Crippen LogP contribution is 2.31. The molecule has 18 heavy (non-hydrogen) atoms. The molecule has 100 valence electrons. The van der Waals surface area contributed by atoms with Crippen LogP contribution in [0.2, 0.25) is 0 Å². The van der Waals surface area contributed by atoms with Crippen LogP contribution in [0, 0.1) is 0 Å². The van der Waals surface area contributed by atoms with Gasteiger partial charge >= 0.3 is 0 Å². The number of benzene rings is 1. The van der Waals surface area contributed by atoms with Crippen LogP contribution in [0.3, 0.4) is 0 Å². The first-order valence-electron chi connectivity index (χ1n) is 7.06. The molecule has 0 bridgehead atoms. The molecule has 1 aliphatic rings. The van der Waals surface area contributed by atoms with Gasteiger partial charge in [0.25, 0.3) is 0 Å². The minimum absolute atomic E-state index is 0.573. The summed E-state index contributed by atoms with van der Waals surface area (Å²) in [5.74, 6) is 1.16. The average Bonchev–Trinajstić information content (AvgIpc) is 2.39. The lowest BCUT2D eigenvalue weighted by atomic mass is 9.94. The molecule has 0 N–H and O–H groups in total. The third-order valence-corrected chi connectivity index (χ3v) is 3.69. The van der Waals surface area contributed by atoms with Crippen molar-refractivity contribution < 1.29 is 4.74 Å². The fraction of sp³-hybridized carbons (Fsp3) is 0.625. The lowest BCUT2D eigenvalue weighted by molar-refractivity contribution is 0.122. The van der Waals surface area contributed by atoms with E-state index >= 15 is 0 Å². The first-order chi connectivity index (χ1) is 8.59. The van der Waals surface area contributed by atoms with Gasteiger partial charge < -0.3 is 9.64 Å². The monoisotopic (exact) mass is 247 g/mol. The van der Waals surface area contributed by atoms with Gasteiger partial charge in [0.15, 0.2) is 0 Å². The van der Waals surface area contributed by atoms with E-state index in [0.29, 0.717) is 11.8 Å². The number of hydrogen-bond donors (Lipinski definition) is 0. The minimum atomic E-state index is 0.573. The molecule has 1 saturated heterocycles. The van der Waals surface area contributed by atoms with E-state index in [0.717, 1.165) is 26.3 Å². The van der Waals surface area contributed by atoms with Gasteiger partial charge in [-0.1, -0.05) is 39.8 Å². The largest absolute Gasteiger partial charge is 0.378 e. The van der Waals surface area contributed by atoms with Crippen LogP contribution >= 0.6 is 0 Å². The predicted molar refractivity (Wildman–Crippen MR) is 77.7 cm³/mol. The van der Waals surface area contributed by atoms with Crippen molar-refractivity contribution in [3.8, 4) is 0 Å². The summed E-state index contributed by atoms with van der Waals surface area (Å²) in [5.41, 5.74) is 4.31. The van der Waals surface area contributed by atoms with Gasteiger partial charge in [-0.05, 0) is 29.0 Å². The highest BCUT2D eigenvalue weighted by atomic mass is 16.5. The smallest absolute Gasteiger partial charge is 0.0642 e. The number of hydrogen-bond acceptors (Lipinski definition) is 2. The van der Waals surface area contributed by atoms with E-state index < -0.39 is 0 Å². The zero-order chi connectivity index (χ0) is 13.1. The minimum Gasteiger partial charge on any atom is -0.378 e. The molecule has 2 nitrogen and oxygen atoms in total. The fourth-order valence-electron chi connectivity index (χ4n) is 2.49. The van der Waals surface area contributed by atoms with Gasteiger partial charge in [-0.25, -0.2) is 0 Å². The highest BCUT2D eigenvalue weighted by molar-refractivity contribution is 5.57. The lowest BCUT2D eigenvalue weighted by Gasteiger charge is -2.32. The molecule has 1 heterocycles. The van der Waals surface area contributed by atoms with Crippen molar-refractivity contribution in [1.29, 1.82) is 0 Å². The van der Waals surface area contributed by atoms with Gasteiger partial charge in [0.1, 0.15) is 0 Å². The molecule has 1 fully saturated rings. The highest BCUT2D eigenvalue weighted by Gasteiger charge is 2.17. The summed E-state index contributed by atoms with van der Waals surface area (Å²) in [6, 6.07) is 6.97. The van der Waals surface area contributed by atoms with Gasteiger partial charge in [-0.15, -0.1) is 0 Å². The third-order valence-electron chi connectivity index (χ3n) is 3.69. The molecule has 1 aliphatic heterocycles. The SMILES string of the molecule is CC(C)c1ccc(C(C)C)c(N2CCOCC2)c1. The van der Waals surface area contributed by atoms with Crippen molar-refractivity contribution >= 4 is 5.69 Å². The molecular weight excluding hydrogens is 222 g/mol. The topological polar surface area (TPSA) is 12.5 Å². The van der Waals surface area contributed by atoms with E-state index in [1.54, 1.807) is 0 Å². The Hall–Kier alpha value is -1.02. The Balaban J connectivity index is 2.36. The Morgan fingerprint density at radius 2 is 1.67 bits per heavy atom. The first-order valence-corrected chi connectivity index (χ1v) is 7.06. The Bertz CT molecular complexity index is 392. The third kappa shape index (κ3) is 2.86. The zero-order valence-corrected chi connectivity index (χ0v) is 12.1. The van der Waals surface area contributed by atoms with Crippen LogP contribution in [-0.4, -0.2) is 26.3 Å². The van der Waals surface area contributed by atoms with Gasteiger partial charge in [0, 0.05) is 18.8 Å². The molecule has 0 atom stereocenters. The van der Waals surface area contributed by atoms with Crippen molar-refractivity contribution in [2.24, 2.45) is 0 Å². The van der Waals surface area contributed by atoms with Crippen LogP contribution in [0.4, 0.5) is 5.69 Å². The van der Waals surface area contributed by atoms with E-state index in [4.69, 9.17) is 4.74 Å². The number of rotatable bonds is 3. The molecule has 0 spiro atoms. The first kappa shape index (κ1) is 13.4. The van der Waals surface area contributed by atoms with Crippen LogP contribution in [-0.2, 0) is 4.74 Å². The molecule has 2 heteroatoms. The number of anilines is 1. The molecule has 2 rings (SSSR count). The Morgan fingerprint density at radius 1 is 1.00 bits per heavy atom. The van der Waals surface area contributed by atoms with Crippen molar-refractivity contribution in [2.75, 3.05) is 31.2 Å². The standard InChI is InChI=1S/C16H25NO/c1-12(2)14-5-6-15(13(3)4)16(11-14)17-7-9-18-10-8-17/h5-6,11-13H,7-10H2,1-4H3. The molecule has 0 amide bonds. The number of nitrogens with zero attached hydrogens (tertiary/aromatic N) is 1. The van der Waals surface area contributed by atoms with E-state index in [2.05, 4.69) is 50.8 Å². The molecule has 0 saturated carbocycles. The summed E-state index contributed by atoms with van der Waals surface area (Å²) >= 11 is 0. The van der Waals surface area contributed by atoms with Crippen LogP contribution in [0.1, 0.15) is 50.7 Å². The summed E-state index contributed by atoms with van der Waals surface area (Å²) in [4.78, 5) is 2.48. The average molecular weight is 247 g/mol. The van der Waals surface area contributed by atoms with Crippen molar-refractivity contribution in [3.63, 3.8) is 0 Å². The Labute approximate surface area is 111 Å². The molecule has 1 aromatic carbocycles. The van der Waals surface area contributed by atoms with Gasteiger partial charge in [0.2, 0.25) is 0 Å². The molecule has 0 aromatic heterocycles. The van der Waals surface area contributed by atoms with Crippen LogP contribution in [0.25, 0.3) is 0 Å². The molecular formula is C16H25NO. The normalized spacial score (nSPS) is 16.7. The number of ether oxygens (including phenoxy) is 1. The van der Waals surface area contributed by atoms with E-state index in [9.17, 15) is 0 Å². The molecule has 0 unspecified atom stereocenters. The summed E-state index contributed by atoms with van der Waals surface area (Å²) in [5, 5.41) is 0. The lowest BCUT2D eigenvalue weighted by Crippen LogP contribution is -2.37. The summed E-state index contributed by atoms with van der Waals surface area (Å²) in [7, 11) is 0. The molecule has 0 radical (unpaired) electrons. The van der Waals surface area contributed by atoms with Crippen molar-refractivity contribution in [3.05, 3.63) is 29.3 Å². The second kappa shape index (κ2) is 5.75. The van der Waals surface area contributed by atoms with Crippen molar-refractivity contribution in [1.82, 2.24) is 0 Å². The quantitative estimate of drug-likeness (QED) is 0.806. The van der Waals surface area contributed by atoms with E-state index in [1.165, 1.54) is 16.8 Å². The molecule has 0 aliphatic carbocycles. The van der Waals surface area contributed by atoms with Crippen molar-refractivity contribution in [2.45, 2.75) is 39.5 Å². The molecule has 1 aromatic rings. The maximum absolute atomic E-state index is 5.46. The van der Waals surface area contributed by atoms with Crippen LogP contribution in [0.15, 0.2) is 18.2 Å². The van der Waals surface area contributed by atoms with E-state index in [-0.39, 0.29) is 0 Å². The van der Waals surface area contributed by atoms with Gasteiger partial charge in [0.05, 0.1) is 13.2 Å². The summed E-state index contributed by atoms with van der Waals surface area (Å²) in [6.07, 6.45) is 0. The summed E-state index contributed by atoms with van der Waals surface area (Å²) < 4.78 is 5.46. The fourth-order valence-corrected chi connectivity index (χ4v) is 2.49.